The predicted molar refractivity (Wildman–Crippen MR) is 117 cm³/mol. The van der Waals surface area contributed by atoms with Gasteiger partial charge in [-0.25, -0.2) is 9.97 Å². The molecule has 0 saturated heterocycles. The SMILES string of the molecule is Cc1cnc(Nc2cnn(CCO)c2)nc1-c1ccc(C(=O)NC(C#N)C(C)C)cc1. The van der Waals surface area contributed by atoms with E-state index in [1.165, 1.54) is 0 Å². The van der Waals surface area contributed by atoms with E-state index >= 15 is 0 Å². The first-order valence-electron chi connectivity index (χ1n) is 9.96. The van der Waals surface area contributed by atoms with Crippen molar-refractivity contribution in [3.8, 4) is 17.3 Å². The summed E-state index contributed by atoms with van der Waals surface area (Å²) in [7, 11) is 0. The molecule has 3 aromatic rings. The van der Waals surface area contributed by atoms with E-state index < -0.39 is 6.04 Å². The summed E-state index contributed by atoms with van der Waals surface area (Å²) in [5.74, 6) is 0.159. The number of benzene rings is 1. The van der Waals surface area contributed by atoms with E-state index in [1.807, 2.05) is 32.9 Å². The molecule has 0 radical (unpaired) electrons. The van der Waals surface area contributed by atoms with Gasteiger partial charge in [0.2, 0.25) is 5.95 Å². The molecule has 31 heavy (non-hydrogen) atoms. The quantitative estimate of drug-likeness (QED) is 0.512. The van der Waals surface area contributed by atoms with Gasteiger partial charge >= 0.3 is 0 Å². The van der Waals surface area contributed by atoms with Crippen LogP contribution in [0, 0.1) is 24.2 Å². The molecule has 0 fully saturated rings. The van der Waals surface area contributed by atoms with Crippen molar-refractivity contribution in [3.63, 3.8) is 0 Å². The second-order valence-corrected chi connectivity index (χ2v) is 7.47. The van der Waals surface area contributed by atoms with Crippen molar-refractivity contribution in [2.24, 2.45) is 5.92 Å². The van der Waals surface area contributed by atoms with Crippen molar-refractivity contribution in [1.29, 1.82) is 5.26 Å². The van der Waals surface area contributed by atoms with Crippen LogP contribution < -0.4 is 10.6 Å². The Morgan fingerprint density at radius 3 is 2.65 bits per heavy atom. The highest BCUT2D eigenvalue weighted by atomic mass is 16.3. The molecular weight excluding hydrogens is 394 g/mol. The molecule has 0 spiro atoms. The number of aryl methyl sites for hydroxylation is 1. The topological polar surface area (TPSA) is 129 Å². The molecule has 3 N–H and O–H groups in total. The zero-order valence-electron chi connectivity index (χ0n) is 17.7. The largest absolute Gasteiger partial charge is 0.394 e. The Balaban J connectivity index is 1.77. The minimum Gasteiger partial charge on any atom is -0.394 e. The summed E-state index contributed by atoms with van der Waals surface area (Å²) in [5, 5.41) is 28.2. The molecule has 0 saturated carbocycles. The molecule has 160 valence electrons. The fraction of sp³-hybridized carbons (Fsp3) is 0.318. The minimum atomic E-state index is -0.536. The number of nitrogens with zero attached hydrogens (tertiary/aromatic N) is 5. The highest BCUT2D eigenvalue weighted by molar-refractivity contribution is 5.95. The molecule has 1 amide bonds. The van der Waals surface area contributed by atoms with E-state index in [9.17, 15) is 10.1 Å². The van der Waals surface area contributed by atoms with Crippen molar-refractivity contribution in [2.45, 2.75) is 33.4 Å². The third-order valence-electron chi connectivity index (χ3n) is 4.70. The summed E-state index contributed by atoms with van der Waals surface area (Å²) in [4.78, 5) is 21.3. The van der Waals surface area contributed by atoms with Crippen LogP contribution in [-0.2, 0) is 6.54 Å². The molecule has 9 heteroatoms. The first-order chi connectivity index (χ1) is 14.9. The van der Waals surface area contributed by atoms with Crippen molar-refractivity contribution in [3.05, 3.63) is 54.0 Å². The fourth-order valence-corrected chi connectivity index (χ4v) is 2.93. The third-order valence-corrected chi connectivity index (χ3v) is 4.70. The number of aromatic nitrogens is 4. The summed E-state index contributed by atoms with van der Waals surface area (Å²) < 4.78 is 1.62. The molecular formula is C22H25N7O2. The van der Waals surface area contributed by atoms with Crippen LogP contribution >= 0.6 is 0 Å². The molecule has 1 aromatic carbocycles. The molecule has 9 nitrogen and oxygen atoms in total. The van der Waals surface area contributed by atoms with Crippen LogP contribution in [0.4, 0.5) is 11.6 Å². The zero-order chi connectivity index (χ0) is 22.4. The number of amides is 1. The zero-order valence-corrected chi connectivity index (χ0v) is 17.7. The van der Waals surface area contributed by atoms with Gasteiger partial charge in [0.25, 0.3) is 5.91 Å². The molecule has 2 aromatic heterocycles. The summed E-state index contributed by atoms with van der Waals surface area (Å²) in [6.07, 6.45) is 5.12. The van der Waals surface area contributed by atoms with Crippen LogP contribution in [0.1, 0.15) is 29.8 Å². The Bertz CT molecular complexity index is 1080. The maximum atomic E-state index is 12.4. The average Bonchev–Trinajstić information content (AvgIpc) is 3.20. The van der Waals surface area contributed by atoms with Gasteiger partial charge in [0, 0.05) is 23.5 Å². The summed E-state index contributed by atoms with van der Waals surface area (Å²) in [5.41, 5.74) is 3.67. The molecule has 3 rings (SSSR count). The van der Waals surface area contributed by atoms with E-state index in [-0.39, 0.29) is 18.4 Å². The number of carbonyl (C=O) groups is 1. The summed E-state index contributed by atoms with van der Waals surface area (Å²) in [6.45, 7) is 6.11. The lowest BCUT2D eigenvalue weighted by molar-refractivity contribution is 0.0937. The van der Waals surface area contributed by atoms with Gasteiger partial charge in [-0.2, -0.15) is 10.4 Å². The average molecular weight is 419 g/mol. The number of rotatable bonds is 8. The predicted octanol–water partition coefficient (Wildman–Crippen LogP) is 2.66. The van der Waals surface area contributed by atoms with E-state index in [4.69, 9.17) is 5.11 Å². The Hall–Kier alpha value is -3.77. The van der Waals surface area contributed by atoms with Crippen molar-refractivity contribution < 1.29 is 9.90 Å². The third kappa shape index (κ3) is 5.43. The highest BCUT2D eigenvalue weighted by Gasteiger charge is 2.16. The molecule has 1 atom stereocenters. The lowest BCUT2D eigenvalue weighted by atomic mass is 10.0. The normalized spacial score (nSPS) is 11.7. The van der Waals surface area contributed by atoms with Gasteiger partial charge in [0.1, 0.15) is 6.04 Å². The molecule has 2 heterocycles. The maximum Gasteiger partial charge on any atom is 0.252 e. The van der Waals surface area contributed by atoms with Gasteiger partial charge in [0.15, 0.2) is 0 Å². The lowest BCUT2D eigenvalue weighted by Crippen LogP contribution is -2.37. The van der Waals surface area contributed by atoms with Crippen LogP contribution in [0.5, 0.6) is 0 Å². The highest BCUT2D eigenvalue weighted by Crippen LogP contribution is 2.23. The van der Waals surface area contributed by atoms with E-state index in [0.717, 1.165) is 16.8 Å². The monoisotopic (exact) mass is 419 g/mol. The number of nitrogens with one attached hydrogen (secondary N) is 2. The number of nitriles is 1. The summed E-state index contributed by atoms with van der Waals surface area (Å²) in [6, 6.07) is 8.65. The van der Waals surface area contributed by atoms with Crippen molar-refractivity contribution in [2.75, 3.05) is 11.9 Å². The second-order valence-electron chi connectivity index (χ2n) is 7.47. The number of hydrogen-bond acceptors (Lipinski definition) is 7. The standard InChI is InChI=1S/C22H25N7O2/c1-14(2)19(10-23)27-21(31)17-6-4-16(5-7-17)20-15(3)11-24-22(28-20)26-18-12-25-29(13-18)8-9-30/h4-7,11-14,19,30H,8-9H2,1-3H3,(H,27,31)(H,24,26,28). The van der Waals surface area contributed by atoms with Crippen LogP contribution in [0.25, 0.3) is 11.3 Å². The number of aliphatic hydroxyl groups excluding tert-OH is 1. The number of hydrogen-bond donors (Lipinski definition) is 3. The lowest BCUT2D eigenvalue weighted by Gasteiger charge is -2.15. The fourth-order valence-electron chi connectivity index (χ4n) is 2.93. The van der Waals surface area contributed by atoms with Gasteiger partial charge in [-0.1, -0.05) is 26.0 Å². The van der Waals surface area contributed by atoms with Gasteiger partial charge in [-0.15, -0.1) is 0 Å². The van der Waals surface area contributed by atoms with Crippen LogP contribution in [0.15, 0.2) is 42.9 Å². The van der Waals surface area contributed by atoms with E-state index in [1.54, 1.807) is 35.4 Å². The molecule has 0 bridgehead atoms. The van der Waals surface area contributed by atoms with Crippen LogP contribution in [0.3, 0.4) is 0 Å². The van der Waals surface area contributed by atoms with Gasteiger partial charge < -0.3 is 15.7 Å². The van der Waals surface area contributed by atoms with E-state index in [0.29, 0.717) is 23.7 Å². The molecule has 0 aliphatic heterocycles. The smallest absolute Gasteiger partial charge is 0.252 e. The Kier molecular flexibility index (Phi) is 6.95. The van der Waals surface area contributed by atoms with E-state index in [2.05, 4.69) is 31.8 Å². The van der Waals surface area contributed by atoms with Gasteiger partial charge in [-0.05, 0) is 30.5 Å². The van der Waals surface area contributed by atoms with Crippen LogP contribution in [-0.4, -0.2) is 43.4 Å². The Morgan fingerprint density at radius 1 is 1.26 bits per heavy atom. The first kappa shape index (κ1) is 21.9. The van der Waals surface area contributed by atoms with Crippen LogP contribution in [0.2, 0.25) is 0 Å². The first-order valence-corrected chi connectivity index (χ1v) is 9.96. The van der Waals surface area contributed by atoms with Crippen molar-refractivity contribution in [1.82, 2.24) is 25.1 Å². The Morgan fingerprint density at radius 2 is 2.00 bits per heavy atom. The summed E-state index contributed by atoms with van der Waals surface area (Å²) >= 11 is 0. The molecule has 0 aliphatic rings. The molecule has 0 aliphatic carbocycles. The van der Waals surface area contributed by atoms with Gasteiger partial charge in [0.05, 0.1) is 36.8 Å². The number of aliphatic hydroxyl groups is 1. The molecule has 1 unspecified atom stereocenters. The number of anilines is 2. The maximum absolute atomic E-state index is 12.4. The second kappa shape index (κ2) is 9.82. The van der Waals surface area contributed by atoms with Gasteiger partial charge in [-0.3, -0.25) is 9.48 Å². The van der Waals surface area contributed by atoms with Crippen molar-refractivity contribution >= 4 is 17.5 Å². The Labute approximate surface area is 180 Å². The minimum absolute atomic E-state index is 0.00889. The number of carbonyl (C=O) groups excluding carboxylic acids is 1.